The van der Waals surface area contributed by atoms with Gasteiger partial charge in [-0.1, -0.05) is 0 Å². The van der Waals surface area contributed by atoms with Crippen LogP contribution in [-0.2, 0) is 16.1 Å². The van der Waals surface area contributed by atoms with Crippen molar-refractivity contribution >= 4 is 27.8 Å². The van der Waals surface area contributed by atoms with Crippen molar-refractivity contribution in [1.82, 2.24) is 14.7 Å². The van der Waals surface area contributed by atoms with Crippen LogP contribution in [0.4, 0.5) is 0 Å². The fraction of sp³-hybridized carbons (Fsp3) is 0.667. The van der Waals surface area contributed by atoms with Crippen molar-refractivity contribution in [2.75, 3.05) is 26.3 Å². The lowest BCUT2D eigenvalue weighted by molar-refractivity contribution is -0.149. The third-order valence-corrected chi connectivity index (χ3v) is 4.92. The van der Waals surface area contributed by atoms with E-state index in [4.69, 9.17) is 9.47 Å². The molecular weight excluding hydrogens is 366 g/mol. The number of hydrogen-bond acceptors (Lipinski definition) is 5. The lowest BCUT2D eigenvalue weighted by atomic mass is 9.97. The molecule has 0 radical (unpaired) electrons. The van der Waals surface area contributed by atoms with Gasteiger partial charge in [-0.25, -0.2) is 4.68 Å². The molecule has 0 unspecified atom stereocenters. The van der Waals surface area contributed by atoms with Crippen LogP contribution in [-0.4, -0.2) is 52.9 Å². The normalized spacial score (nSPS) is 18.3. The Morgan fingerprint density at radius 2 is 2.09 bits per heavy atom. The van der Waals surface area contributed by atoms with Gasteiger partial charge in [-0.3, -0.25) is 9.59 Å². The van der Waals surface area contributed by atoms with Crippen LogP contribution in [0.15, 0.2) is 4.47 Å². The first-order chi connectivity index (χ1) is 11.1. The van der Waals surface area contributed by atoms with E-state index in [2.05, 4.69) is 21.0 Å². The van der Waals surface area contributed by atoms with Gasteiger partial charge in [0, 0.05) is 26.1 Å². The topological polar surface area (TPSA) is 73.7 Å². The summed E-state index contributed by atoms with van der Waals surface area (Å²) in [5.74, 6) is 0.235. The van der Waals surface area contributed by atoms with E-state index in [1.165, 1.54) is 0 Å². The van der Waals surface area contributed by atoms with E-state index in [0.29, 0.717) is 55.2 Å². The SMILES string of the molecule is CCOC(=O)C1CCN(C(=O)c2nn3c(c2Br)OCCC3)CC1. The van der Waals surface area contributed by atoms with E-state index in [-0.39, 0.29) is 17.8 Å². The number of hydrogen-bond donors (Lipinski definition) is 0. The Balaban J connectivity index is 1.66. The van der Waals surface area contributed by atoms with E-state index in [9.17, 15) is 9.59 Å². The smallest absolute Gasteiger partial charge is 0.309 e. The van der Waals surface area contributed by atoms with Crippen LogP contribution >= 0.6 is 15.9 Å². The average Bonchev–Trinajstić information content (AvgIpc) is 2.92. The van der Waals surface area contributed by atoms with Gasteiger partial charge in [-0.2, -0.15) is 5.10 Å². The highest BCUT2D eigenvalue weighted by atomic mass is 79.9. The summed E-state index contributed by atoms with van der Waals surface area (Å²) in [6, 6.07) is 0. The Labute approximate surface area is 143 Å². The van der Waals surface area contributed by atoms with Crippen molar-refractivity contribution in [2.45, 2.75) is 32.7 Å². The summed E-state index contributed by atoms with van der Waals surface area (Å²) < 4.78 is 13.0. The molecule has 23 heavy (non-hydrogen) atoms. The number of halogens is 1. The molecule has 1 amide bonds. The fourth-order valence-corrected chi connectivity index (χ4v) is 3.53. The van der Waals surface area contributed by atoms with Crippen LogP contribution in [0.2, 0.25) is 0 Å². The molecule has 1 aromatic rings. The van der Waals surface area contributed by atoms with Gasteiger partial charge < -0.3 is 14.4 Å². The number of esters is 1. The molecule has 2 aliphatic rings. The third-order valence-electron chi connectivity index (χ3n) is 4.21. The van der Waals surface area contributed by atoms with Gasteiger partial charge in [-0.05, 0) is 35.7 Å². The van der Waals surface area contributed by atoms with Crippen LogP contribution in [0.25, 0.3) is 0 Å². The molecule has 0 saturated carbocycles. The maximum Gasteiger partial charge on any atom is 0.309 e. The first kappa shape index (κ1) is 16.3. The van der Waals surface area contributed by atoms with Crippen molar-refractivity contribution in [3.8, 4) is 5.88 Å². The number of aryl methyl sites for hydroxylation is 1. The molecule has 0 spiro atoms. The molecule has 3 heterocycles. The van der Waals surface area contributed by atoms with Crippen molar-refractivity contribution in [1.29, 1.82) is 0 Å². The van der Waals surface area contributed by atoms with Crippen molar-refractivity contribution in [3.63, 3.8) is 0 Å². The molecule has 0 N–H and O–H groups in total. The summed E-state index contributed by atoms with van der Waals surface area (Å²) in [7, 11) is 0. The van der Waals surface area contributed by atoms with Gasteiger partial charge in [0.15, 0.2) is 5.69 Å². The van der Waals surface area contributed by atoms with E-state index in [1.807, 2.05) is 0 Å². The minimum Gasteiger partial charge on any atom is -0.477 e. The number of fused-ring (bicyclic) bond motifs is 1. The molecular formula is C15H20BrN3O4. The molecule has 0 aliphatic carbocycles. The van der Waals surface area contributed by atoms with Crippen LogP contribution in [0.1, 0.15) is 36.7 Å². The Kier molecular flexibility index (Phi) is 4.89. The van der Waals surface area contributed by atoms with Gasteiger partial charge in [-0.15, -0.1) is 0 Å². The van der Waals surface area contributed by atoms with Crippen LogP contribution in [0.3, 0.4) is 0 Å². The first-order valence-corrected chi connectivity index (χ1v) is 8.76. The average molecular weight is 386 g/mol. The lowest BCUT2D eigenvalue weighted by Gasteiger charge is -2.30. The molecule has 3 rings (SSSR count). The number of piperidine rings is 1. The lowest BCUT2D eigenvalue weighted by Crippen LogP contribution is -2.41. The number of nitrogens with zero attached hydrogens (tertiary/aromatic N) is 3. The first-order valence-electron chi connectivity index (χ1n) is 7.96. The molecule has 0 atom stereocenters. The van der Waals surface area contributed by atoms with Gasteiger partial charge >= 0.3 is 5.97 Å². The minimum atomic E-state index is -0.161. The second-order valence-electron chi connectivity index (χ2n) is 5.71. The number of ether oxygens (including phenoxy) is 2. The number of amides is 1. The summed E-state index contributed by atoms with van der Waals surface area (Å²) >= 11 is 3.43. The number of rotatable bonds is 3. The highest BCUT2D eigenvalue weighted by molar-refractivity contribution is 9.10. The Hall–Kier alpha value is -1.57. The van der Waals surface area contributed by atoms with Crippen molar-refractivity contribution < 1.29 is 19.1 Å². The Morgan fingerprint density at radius 3 is 2.74 bits per heavy atom. The molecule has 126 valence electrons. The summed E-state index contributed by atoms with van der Waals surface area (Å²) in [6.45, 7) is 4.67. The summed E-state index contributed by atoms with van der Waals surface area (Å²) in [5, 5.41) is 4.37. The Morgan fingerprint density at radius 1 is 1.35 bits per heavy atom. The highest BCUT2D eigenvalue weighted by Crippen LogP contribution is 2.32. The third kappa shape index (κ3) is 3.22. The number of likely N-dealkylation sites (tertiary alicyclic amines) is 1. The Bertz CT molecular complexity index is 608. The molecule has 0 aromatic carbocycles. The minimum absolute atomic E-state index is 0.110. The van der Waals surface area contributed by atoms with E-state index >= 15 is 0 Å². The largest absolute Gasteiger partial charge is 0.477 e. The second-order valence-corrected chi connectivity index (χ2v) is 6.50. The summed E-state index contributed by atoms with van der Waals surface area (Å²) in [6.07, 6.45) is 2.15. The second kappa shape index (κ2) is 6.90. The van der Waals surface area contributed by atoms with E-state index < -0.39 is 0 Å². The van der Waals surface area contributed by atoms with Crippen LogP contribution < -0.4 is 4.74 Å². The molecule has 8 heteroatoms. The van der Waals surface area contributed by atoms with Crippen molar-refractivity contribution in [2.24, 2.45) is 5.92 Å². The molecule has 1 fully saturated rings. The quantitative estimate of drug-likeness (QED) is 0.742. The number of carbonyl (C=O) groups is 2. The maximum atomic E-state index is 12.7. The fourth-order valence-electron chi connectivity index (χ4n) is 2.96. The highest BCUT2D eigenvalue weighted by Gasteiger charge is 2.32. The van der Waals surface area contributed by atoms with Gasteiger partial charge in [0.2, 0.25) is 5.88 Å². The van der Waals surface area contributed by atoms with Gasteiger partial charge in [0.1, 0.15) is 4.47 Å². The predicted octanol–water partition coefficient (Wildman–Crippen LogP) is 1.84. The molecule has 0 bridgehead atoms. The van der Waals surface area contributed by atoms with Crippen LogP contribution in [0, 0.1) is 5.92 Å². The monoisotopic (exact) mass is 385 g/mol. The number of aromatic nitrogens is 2. The van der Waals surface area contributed by atoms with Crippen molar-refractivity contribution in [3.05, 3.63) is 10.2 Å². The zero-order chi connectivity index (χ0) is 16.4. The van der Waals surface area contributed by atoms with Gasteiger partial charge in [0.25, 0.3) is 5.91 Å². The summed E-state index contributed by atoms with van der Waals surface area (Å²) in [5.41, 5.74) is 0.386. The zero-order valence-electron chi connectivity index (χ0n) is 13.1. The van der Waals surface area contributed by atoms with E-state index in [1.54, 1.807) is 16.5 Å². The maximum absolute atomic E-state index is 12.7. The molecule has 1 saturated heterocycles. The zero-order valence-corrected chi connectivity index (χ0v) is 14.7. The molecule has 2 aliphatic heterocycles. The molecule has 1 aromatic heterocycles. The predicted molar refractivity (Wildman–Crippen MR) is 85.3 cm³/mol. The number of carbonyl (C=O) groups excluding carboxylic acids is 2. The standard InChI is InChI=1S/C15H20BrN3O4/c1-2-22-15(21)10-4-7-18(8-5-10)13(20)12-11(16)14-19(17-12)6-3-9-23-14/h10H,2-9H2,1H3. The van der Waals surface area contributed by atoms with Crippen LogP contribution in [0.5, 0.6) is 5.88 Å². The van der Waals surface area contributed by atoms with E-state index in [0.717, 1.165) is 13.0 Å². The molecule has 7 nitrogen and oxygen atoms in total. The summed E-state index contributed by atoms with van der Waals surface area (Å²) in [4.78, 5) is 26.2. The van der Waals surface area contributed by atoms with Gasteiger partial charge in [0.05, 0.1) is 19.1 Å².